The van der Waals surface area contributed by atoms with Crippen LogP contribution in [0.2, 0.25) is 0 Å². The Morgan fingerprint density at radius 3 is 2.42 bits per heavy atom. The van der Waals surface area contributed by atoms with Crippen LogP contribution in [-0.2, 0) is 6.61 Å². The largest absolute Gasteiger partial charge is 0.489 e. The number of rotatable bonds is 4. The summed E-state index contributed by atoms with van der Waals surface area (Å²) in [5, 5.41) is 7.25. The summed E-state index contributed by atoms with van der Waals surface area (Å²) in [5.74, 6) is -0.829. The molecule has 0 aliphatic carbocycles. The number of benzene rings is 2. The maximum absolute atomic E-state index is 13.9. The highest BCUT2D eigenvalue weighted by Crippen LogP contribution is 2.17. The van der Waals surface area contributed by atoms with E-state index in [9.17, 15) is 8.78 Å². The number of nitrogen functional groups attached to an aromatic ring is 1. The van der Waals surface area contributed by atoms with Gasteiger partial charge in [0.2, 0.25) is 0 Å². The Morgan fingerprint density at radius 2 is 1.79 bits per heavy atom. The topological polar surface area (TPSA) is 59.1 Å². The third-order valence-corrected chi connectivity index (χ3v) is 2.58. The summed E-state index contributed by atoms with van der Waals surface area (Å²) in [6.45, 7) is -0.0153. The summed E-state index contributed by atoms with van der Waals surface area (Å²) in [7, 11) is 0. The smallest absolute Gasteiger partial charge is 0.140 e. The quantitative estimate of drug-likeness (QED) is 0.657. The van der Waals surface area contributed by atoms with Gasteiger partial charge in [0, 0.05) is 5.56 Å². The first kappa shape index (κ1) is 13.0. The van der Waals surface area contributed by atoms with Crippen LogP contribution in [-0.4, -0.2) is 5.84 Å². The van der Waals surface area contributed by atoms with Crippen molar-refractivity contribution in [1.82, 2.24) is 0 Å². The van der Waals surface area contributed by atoms with E-state index in [0.717, 1.165) is 0 Å². The van der Waals surface area contributed by atoms with E-state index in [-0.39, 0.29) is 29.4 Å². The molecule has 3 nitrogen and oxygen atoms in total. The van der Waals surface area contributed by atoms with Gasteiger partial charge in [-0.05, 0) is 30.3 Å². The molecule has 3 N–H and O–H groups in total. The molecule has 0 radical (unpaired) electrons. The lowest BCUT2D eigenvalue weighted by Crippen LogP contribution is -2.14. The second-order valence-electron chi connectivity index (χ2n) is 3.93. The molecular formula is C14H12F2N2O. The van der Waals surface area contributed by atoms with Crippen molar-refractivity contribution in [2.24, 2.45) is 5.73 Å². The molecular weight excluding hydrogens is 250 g/mol. The fourth-order valence-corrected chi connectivity index (χ4v) is 1.59. The Bertz CT molecular complexity index is 597. The third kappa shape index (κ3) is 3.07. The molecule has 98 valence electrons. The van der Waals surface area contributed by atoms with Gasteiger partial charge in [-0.1, -0.05) is 12.1 Å². The molecule has 2 rings (SSSR count). The Labute approximate surface area is 109 Å². The van der Waals surface area contributed by atoms with Gasteiger partial charge in [0.1, 0.15) is 29.8 Å². The molecule has 0 unspecified atom stereocenters. The highest BCUT2D eigenvalue weighted by Gasteiger charge is 2.10. The molecule has 0 bridgehead atoms. The lowest BCUT2D eigenvalue weighted by atomic mass is 10.1. The van der Waals surface area contributed by atoms with E-state index in [0.29, 0.717) is 5.75 Å². The van der Waals surface area contributed by atoms with Crippen LogP contribution in [0.3, 0.4) is 0 Å². The summed E-state index contributed by atoms with van der Waals surface area (Å²) in [5.41, 5.74) is 5.60. The molecule has 0 spiro atoms. The van der Waals surface area contributed by atoms with Gasteiger partial charge in [-0.25, -0.2) is 8.78 Å². The van der Waals surface area contributed by atoms with Crippen LogP contribution in [0.15, 0.2) is 42.5 Å². The molecule has 0 aromatic heterocycles. The zero-order valence-corrected chi connectivity index (χ0v) is 9.99. The Balaban J connectivity index is 2.13. The minimum atomic E-state index is -0.572. The zero-order chi connectivity index (χ0) is 13.8. The highest BCUT2D eigenvalue weighted by molar-refractivity contribution is 5.95. The first-order valence-electron chi connectivity index (χ1n) is 5.58. The van der Waals surface area contributed by atoms with Crippen LogP contribution in [0.5, 0.6) is 5.75 Å². The van der Waals surface area contributed by atoms with E-state index < -0.39 is 5.82 Å². The molecule has 0 saturated heterocycles. The fraction of sp³-hybridized carbons (Fsp3) is 0.0714. The summed E-state index contributed by atoms with van der Waals surface area (Å²) >= 11 is 0. The molecule has 0 aliphatic heterocycles. The maximum atomic E-state index is 13.9. The molecule has 0 heterocycles. The van der Waals surface area contributed by atoms with Gasteiger partial charge in [0.05, 0.1) is 5.56 Å². The van der Waals surface area contributed by atoms with Crippen molar-refractivity contribution in [3.63, 3.8) is 0 Å². The van der Waals surface area contributed by atoms with E-state index >= 15 is 0 Å². The fourth-order valence-electron chi connectivity index (χ4n) is 1.59. The average Bonchev–Trinajstić information content (AvgIpc) is 2.39. The minimum Gasteiger partial charge on any atom is -0.489 e. The van der Waals surface area contributed by atoms with Crippen LogP contribution < -0.4 is 10.5 Å². The zero-order valence-electron chi connectivity index (χ0n) is 9.99. The van der Waals surface area contributed by atoms with Gasteiger partial charge in [0.25, 0.3) is 0 Å². The third-order valence-electron chi connectivity index (χ3n) is 2.58. The van der Waals surface area contributed by atoms with Crippen LogP contribution in [0.4, 0.5) is 8.78 Å². The Kier molecular flexibility index (Phi) is 3.75. The molecule has 0 aliphatic rings. The van der Waals surface area contributed by atoms with Crippen molar-refractivity contribution in [2.75, 3.05) is 0 Å². The number of halogens is 2. The molecule has 19 heavy (non-hydrogen) atoms. The molecule has 0 amide bonds. The van der Waals surface area contributed by atoms with E-state index in [4.69, 9.17) is 15.9 Å². The first-order valence-corrected chi connectivity index (χ1v) is 5.58. The van der Waals surface area contributed by atoms with Crippen LogP contribution >= 0.6 is 0 Å². The lowest BCUT2D eigenvalue weighted by Gasteiger charge is -2.09. The van der Waals surface area contributed by atoms with Crippen molar-refractivity contribution in [3.05, 3.63) is 65.2 Å². The number of nitrogens with two attached hydrogens (primary N) is 1. The maximum Gasteiger partial charge on any atom is 0.140 e. The van der Waals surface area contributed by atoms with Gasteiger partial charge >= 0.3 is 0 Å². The number of nitrogens with one attached hydrogen (secondary N) is 1. The van der Waals surface area contributed by atoms with Crippen molar-refractivity contribution >= 4 is 5.84 Å². The van der Waals surface area contributed by atoms with E-state index in [1.54, 1.807) is 12.1 Å². The van der Waals surface area contributed by atoms with E-state index in [1.165, 1.54) is 30.3 Å². The molecule has 0 saturated carbocycles. The second kappa shape index (κ2) is 5.48. The number of hydrogen-bond donors (Lipinski definition) is 2. The van der Waals surface area contributed by atoms with Crippen molar-refractivity contribution in [3.8, 4) is 5.75 Å². The van der Waals surface area contributed by atoms with Gasteiger partial charge in [-0.3, -0.25) is 5.41 Å². The summed E-state index contributed by atoms with van der Waals surface area (Å²) in [6.07, 6.45) is 0. The monoisotopic (exact) mass is 262 g/mol. The Hall–Kier alpha value is -2.43. The van der Waals surface area contributed by atoms with E-state index in [2.05, 4.69) is 0 Å². The standard InChI is InChI=1S/C14H12F2N2O/c15-10-4-6-11(7-5-10)19-8-9-2-1-3-12(13(9)16)14(17)18/h1-7H,8H2,(H3,17,18). The molecule has 5 heteroatoms. The van der Waals surface area contributed by atoms with Crippen LogP contribution in [0.25, 0.3) is 0 Å². The molecule has 0 fully saturated rings. The number of amidine groups is 1. The summed E-state index contributed by atoms with van der Waals surface area (Å²) < 4.78 is 32.0. The molecule has 2 aromatic carbocycles. The second-order valence-corrected chi connectivity index (χ2v) is 3.93. The van der Waals surface area contributed by atoms with Crippen LogP contribution in [0.1, 0.15) is 11.1 Å². The summed E-state index contributed by atoms with van der Waals surface area (Å²) in [6, 6.07) is 10.0. The van der Waals surface area contributed by atoms with Gasteiger partial charge in [-0.15, -0.1) is 0 Å². The predicted molar refractivity (Wildman–Crippen MR) is 68.1 cm³/mol. The van der Waals surface area contributed by atoms with Gasteiger partial charge in [0.15, 0.2) is 0 Å². The molecule has 0 atom stereocenters. The van der Waals surface area contributed by atoms with Gasteiger partial charge in [-0.2, -0.15) is 0 Å². The minimum absolute atomic E-state index is 0.0153. The first-order chi connectivity index (χ1) is 9.08. The highest BCUT2D eigenvalue weighted by atomic mass is 19.1. The van der Waals surface area contributed by atoms with Crippen molar-refractivity contribution < 1.29 is 13.5 Å². The predicted octanol–water partition coefficient (Wildman–Crippen LogP) is 2.83. The number of ether oxygens (including phenoxy) is 1. The molecule has 2 aromatic rings. The van der Waals surface area contributed by atoms with Gasteiger partial charge < -0.3 is 10.5 Å². The summed E-state index contributed by atoms with van der Waals surface area (Å²) in [4.78, 5) is 0. The lowest BCUT2D eigenvalue weighted by molar-refractivity contribution is 0.299. The Morgan fingerprint density at radius 1 is 1.11 bits per heavy atom. The normalized spacial score (nSPS) is 10.2. The van der Waals surface area contributed by atoms with E-state index in [1.807, 2.05) is 0 Å². The number of hydrogen-bond acceptors (Lipinski definition) is 2. The van der Waals surface area contributed by atoms with Crippen molar-refractivity contribution in [2.45, 2.75) is 6.61 Å². The average molecular weight is 262 g/mol. The van der Waals surface area contributed by atoms with Crippen LogP contribution in [0, 0.1) is 17.0 Å². The van der Waals surface area contributed by atoms with Crippen molar-refractivity contribution in [1.29, 1.82) is 5.41 Å². The SMILES string of the molecule is N=C(N)c1cccc(COc2ccc(F)cc2)c1F.